The summed E-state index contributed by atoms with van der Waals surface area (Å²) in [5.74, 6) is 1.87. The number of hydrogen-bond donors (Lipinski definition) is 0. The monoisotopic (exact) mass is 434 g/mol. The Labute approximate surface area is 156 Å². The summed E-state index contributed by atoms with van der Waals surface area (Å²) in [5, 5.41) is 0. The fourth-order valence-corrected chi connectivity index (χ4v) is 6.16. The molecule has 0 unspecified atom stereocenters. The molecule has 5 nitrogen and oxygen atoms in total. The molecule has 0 saturated carbocycles. The molecule has 8 heteroatoms. The van der Waals surface area contributed by atoms with Gasteiger partial charge < -0.3 is 4.74 Å². The first kappa shape index (κ1) is 18.7. The van der Waals surface area contributed by atoms with Gasteiger partial charge in [0.25, 0.3) is 0 Å². The summed E-state index contributed by atoms with van der Waals surface area (Å²) in [6.45, 7) is 4.62. The summed E-state index contributed by atoms with van der Waals surface area (Å²) in [6, 6.07) is 6.96. The molecule has 2 aliphatic rings. The molecule has 24 heavy (non-hydrogen) atoms. The minimum Gasteiger partial charge on any atom is -0.379 e. The molecular weight excluding hydrogens is 412 g/mol. The average molecular weight is 435 g/mol. The van der Waals surface area contributed by atoms with Crippen LogP contribution in [-0.2, 0) is 14.8 Å². The number of thioether (sulfide) groups is 1. The van der Waals surface area contributed by atoms with E-state index < -0.39 is 10.0 Å². The number of hydrogen-bond acceptors (Lipinski definition) is 5. The summed E-state index contributed by atoms with van der Waals surface area (Å²) in [7, 11) is -3.46. The van der Waals surface area contributed by atoms with Gasteiger partial charge >= 0.3 is 0 Å². The second-order valence-corrected chi connectivity index (χ2v) is 10.0. The van der Waals surface area contributed by atoms with Gasteiger partial charge in [0, 0.05) is 42.4 Å². The molecule has 1 atom stereocenters. The second kappa shape index (κ2) is 8.51. The Bertz CT molecular complexity index is 633. The molecule has 1 aromatic rings. The van der Waals surface area contributed by atoms with E-state index in [1.807, 2.05) is 11.8 Å². The quantitative estimate of drug-likeness (QED) is 0.727. The van der Waals surface area contributed by atoms with Crippen molar-refractivity contribution in [3.63, 3.8) is 0 Å². The highest BCUT2D eigenvalue weighted by Crippen LogP contribution is 2.26. The van der Waals surface area contributed by atoms with Crippen molar-refractivity contribution in [1.82, 2.24) is 9.21 Å². The predicted molar refractivity (Wildman–Crippen MR) is 101 cm³/mol. The van der Waals surface area contributed by atoms with Crippen LogP contribution in [0.1, 0.15) is 6.42 Å². The van der Waals surface area contributed by atoms with Gasteiger partial charge in [-0.3, -0.25) is 4.90 Å². The summed E-state index contributed by atoms with van der Waals surface area (Å²) < 4.78 is 34.3. The Balaban J connectivity index is 1.81. The third-order valence-corrected chi connectivity index (χ3v) is 8.07. The lowest BCUT2D eigenvalue weighted by Crippen LogP contribution is -2.50. The molecule has 2 fully saturated rings. The molecule has 0 bridgehead atoms. The second-order valence-electron chi connectivity index (χ2n) is 6.06. The van der Waals surface area contributed by atoms with E-state index in [0.29, 0.717) is 11.4 Å². The molecule has 2 heterocycles. The van der Waals surface area contributed by atoms with Crippen molar-refractivity contribution in [3.05, 3.63) is 28.7 Å². The highest BCUT2D eigenvalue weighted by molar-refractivity contribution is 9.10. The number of nitrogens with zero attached hydrogens (tertiary/aromatic N) is 2. The summed E-state index contributed by atoms with van der Waals surface area (Å²) in [4.78, 5) is 2.70. The largest absolute Gasteiger partial charge is 0.379 e. The lowest BCUT2D eigenvalue weighted by Gasteiger charge is -2.35. The van der Waals surface area contributed by atoms with E-state index in [9.17, 15) is 8.42 Å². The maximum Gasteiger partial charge on any atom is 0.243 e. The zero-order valence-corrected chi connectivity index (χ0v) is 16.8. The lowest BCUT2D eigenvalue weighted by molar-refractivity contribution is 0.0309. The highest BCUT2D eigenvalue weighted by Gasteiger charge is 2.33. The minimum absolute atomic E-state index is 0.0178. The predicted octanol–water partition coefficient (Wildman–Crippen LogP) is 2.28. The van der Waals surface area contributed by atoms with Crippen LogP contribution in [0.15, 0.2) is 33.6 Å². The highest BCUT2D eigenvalue weighted by atomic mass is 79.9. The van der Waals surface area contributed by atoms with E-state index in [1.165, 1.54) is 0 Å². The minimum atomic E-state index is -3.46. The van der Waals surface area contributed by atoms with E-state index in [2.05, 4.69) is 20.8 Å². The molecule has 134 valence electrons. The van der Waals surface area contributed by atoms with Crippen LogP contribution in [0.5, 0.6) is 0 Å². The van der Waals surface area contributed by atoms with Crippen molar-refractivity contribution >= 4 is 37.7 Å². The van der Waals surface area contributed by atoms with Crippen molar-refractivity contribution in [2.75, 3.05) is 50.9 Å². The van der Waals surface area contributed by atoms with E-state index in [1.54, 1.807) is 28.6 Å². The molecule has 0 spiro atoms. The van der Waals surface area contributed by atoms with Crippen LogP contribution in [0.3, 0.4) is 0 Å². The van der Waals surface area contributed by atoms with Crippen LogP contribution in [0.25, 0.3) is 0 Å². The van der Waals surface area contributed by atoms with Crippen LogP contribution in [-0.4, -0.2) is 74.6 Å². The smallest absolute Gasteiger partial charge is 0.243 e. The van der Waals surface area contributed by atoms with Gasteiger partial charge in [0.2, 0.25) is 10.0 Å². The number of rotatable bonds is 4. The summed E-state index contributed by atoms with van der Waals surface area (Å²) in [5.41, 5.74) is 0. The van der Waals surface area contributed by atoms with Gasteiger partial charge in [-0.1, -0.05) is 15.9 Å². The maximum absolute atomic E-state index is 13.2. The van der Waals surface area contributed by atoms with Gasteiger partial charge in [0.05, 0.1) is 18.1 Å². The third-order valence-electron chi connectivity index (χ3n) is 4.38. The third kappa shape index (κ3) is 4.53. The maximum atomic E-state index is 13.2. The van der Waals surface area contributed by atoms with Gasteiger partial charge in [-0.25, -0.2) is 8.42 Å². The topological polar surface area (TPSA) is 49.9 Å². The van der Waals surface area contributed by atoms with Gasteiger partial charge in [0.15, 0.2) is 0 Å². The van der Waals surface area contributed by atoms with E-state index in [4.69, 9.17) is 4.74 Å². The molecule has 2 aliphatic heterocycles. The number of benzene rings is 1. The Hall–Kier alpha value is -0.120. The van der Waals surface area contributed by atoms with Crippen LogP contribution < -0.4 is 0 Å². The Morgan fingerprint density at radius 3 is 2.58 bits per heavy atom. The Morgan fingerprint density at radius 2 is 1.88 bits per heavy atom. The molecule has 3 rings (SSSR count). The van der Waals surface area contributed by atoms with E-state index in [-0.39, 0.29) is 6.04 Å². The first-order valence-corrected chi connectivity index (χ1v) is 11.6. The van der Waals surface area contributed by atoms with Gasteiger partial charge in [-0.05, 0) is 36.4 Å². The van der Waals surface area contributed by atoms with E-state index >= 15 is 0 Å². The van der Waals surface area contributed by atoms with Crippen LogP contribution in [0, 0.1) is 0 Å². The molecule has 0 radical (unpaired) electrons. The fourth-order valence-electron chi connectivity index (χ4n) is 3.09. The summed E-state index contributed by atoms with van der Waals surface area (Å²) in [6.07, 6.45) is 0.903. The first-order chi connectivity index (χ1) is 11.6. The number of ether oxygens (including phenoxy) is 1. The number of morpholine rings is 1. The molecule has 0 amide bonds. The zero-order chi connectivity index (χ0) is 17.0. The van der Waals surface area contributed by atoms with Crippen LogP contribution in [0.4, 0.5) is 0 Å². The van der Waals surface area contributed by atoms with E-state index in [0.717, 1.165) is 55.2 Å². The van der Waals surface area contributed by atoms with Crippen LogP contribution >= 0.6 is 27.7 Å². The SMILES string of the molecule is O=S(=O)(c1ccc(Br)cc1)N1CCCSC[C@@H]1CN1CCOCC1. The van der Waals surface area contributed by atoms with Crippen molar-refractivity contribution in [2.45, 2.75) is 17.4 Å². The average Bonchev–Trinajstić information content (AvgIpc) is 2.82. The standard InChI is InChI=1S/C16H23BrN2O3S2/c17-14-2-4-16(5-3-14)24(20,21)19-6-1-11-23-13-15(19)12-18-7-9-22-10-8-18/h2-5,15H,1,6-13H2/t15-/m0/s1. The van der Waals surface area contributed by atoms with Crippen molar-refractivity contribution < 1.29 is 13.2 Å². The Kier molecular flexibility index (Phi) is 6.62. The molecule has 0 N–H and O–H groups in total. The zero-order valence-electron chi connectivity index (χ0n) is 13.6. The number of sulfonamides is 1. The number of halogens is 1. The van der Waals surface area contributed by atoms with Crippen LogP contribution in [0.2, 0.25) is 0 Å². The molecule has 0 aromatic heterocycles. The molecular formula is C16H23BrN2O3S2. The van der Waals surface area contributed by atoms with Crippen molar-refractivity contribution in [3.8, 4) is 0 Å². The Morgan fingerprint density at radius 1 is 1.17 bits per heavy atom. The van der Waals surface area contributed by atoms with Gasteiger partial charge in [-0.2, -0.15) is 16.1 Å². The van der Waals surface area contributed by atoms with Gasteiger partial charge in [0.1, 0.15) is 0 Å². The fraction of sp³-hybridized carbons (Fsp3) is 0.625. The normalized spacial score (nSPS) is 24.6. The van der Waals surface area contributed by atoms with Crippen molar-refractivity contribution in [1.29, 1.82) is 0 Å². The van der Waals surface area contributed by atoms with Crippen molar-refractivity contribution in [2.24, 2.45) is 0 Å². The summed E-state index contributed by atoms with van der Waals surface area (Å²) >= 11 is 5.23. The van der Waals surface area contributed by atoms with Gasteiger partial charge in [-0.15, -0.1) is 0 Å². The molecule has 2 saturated heterocycles. The molecule has 1 aromatic carbocycles. The lowest BCUT2D eigenvalue weighted by atomic mass is 10.2. The first-order valence-electron chi connectivity index (χ1n) is 8.22. The molecule has 0 aliphatic carbocycles.